The monoisotopic (exact) mass is 274 g/mol. The van der Waals surface area contributed by atoms with Crippen LogP contribution < -0.4 is 4.74 Å². The number of aromatic amines is 1. The van der Waals surface area contributed by atoms with E-state index in [9.17, 15) is 0 Å². The molecule has 0 aliphatic carbocycles. The molecule has 102 valence electrons. The summed E-state index contributed by atoms with van der Waals surface area (Å²) in [4.78, 5) is 7.73. The predicted octanol–water partition coefficient (Wildman–Crippen LogP) is 4.39. The molecule has 0 atom stereocenters. The number of benzene rings is 2. The summed E-state index contributed by atoms with van der Waals surface area (Å²) in [6.45, 7) is 0. The van der Waals surface area contributed by atoms with Crippen LogP contribution in [-0.4, -0.2) is 17.1 Å². The van der Waals surface area contributed by atoms with Crippen LogP contribution in [0.3, 0.4) is 0 Å². The van der Waals surface area contributed by atoms with Crippen molar-refractivity contribution in [3.8, 4) is 16.9 Å². The number of nitrogens with one attached hydrogen (secondary N) is 1. The van der Waals surface area contributed by atoms with Crippen molar-refractivity contribution >= 4 is 21.8 Å². The molecule has 21 heavy (non-hydrogen) atoms. The van der Waals surface area contributed by atoms with Gasteiger partial charge in [-0.1, -0.05) is 30.3 Å². The van der Waals surface area contributed by atoms with E-state index in [2.05, 4.69) is 46.4 Å². The molecule has 1 N–H and O–H groups in total. The van der Waals surface area contributed by atoms with Crippen LogP contribution in [0.2, 0.25) is 0 Å². The van der Waals surface area contributed by atoms with Crippen molar-refractivity contribution in [3.05, 3.63) is 60.9 Å². The van der Waals surface area contributed by atoms with E-state index in [1.165, 1.54) is 10.8 Å². The van der Waals surface area contributed by atoms with Gasteiger partial charge in [-0.25, -0.2) is 0 Å². The Kier molecular flexibility index (Phi) is 2.64. The van der Waals surface area contributed by atoms with Crippen LogP contribution in [0.5, 0.6) is 5.75 Å². The molecule has 4 rings (SSSR count). The minimum atomic E-state index is 0.768. The first kappa shape index (κ1) is 12.0. The highest BCUT2D eigenvalue weighted by atomic mass is 16.5. The first-order valence-corrected chi connectivity index (χ1v) is 6.85. The van der Waals surface area contributed by atoms with Gasteiger partial charge >= 0.3 is 0 Å². The molecule has 2 aromatic heterocycles. The molecule has 0 unspecified atom stereocenters. The number of methoxy groups -OCH3 is 1. The van der Waals surface area contributed by atoms with Gasteiger partial charge in [0.25, 0.3) is 0 Å². The second kappa shape index (κ2) is 4.63. The Morgan fingerprint density at radius 2 is 1.81 bits per heavy atom. The van der Waals surface area contributed by atoms with Crippen molar-refractivity contribution in [2.24, 2.45) is 0 Å². The SMILES string of the molecule is COc1cncc(-c2cccc3[nH]c4ccccc4c23)c1. The largest absolute Gasteiger partial charge is 0.495 e. The van der Waals surface area contributed by atoms with Crippen molar-refractivity contribution < 1.29 is 4.74 Å². The van der Waals surface area contributed by atoms with Crippen LogP contribution in [0.25, 0.3) is 32.9 Å². The van der Waals surface area contributed by atoms with Crippen molar-refractivity contribution in [1.29, 1.82) is 0 Å². The van der Waals surface area contributed by atoms with E-state index in [1.807, 2.05) is 18.3 Å². The summed E-state index contributed by atoms with van der Waals surface area (Å²) in [5.74, 6) is 0.768. The van der Waals surface area contributed by atoms with Gasteiger partial charge < -0.3 is 9.72 Å². The van der Waals surface area contributed by atoms with Gasteiger partial charge in [0, 0.05) is 33.6 Å². The maximum absolute atomic E-state index is 5.29. The molecule has 0 radical (unpaired) electrons. The lowest BCUT2D eigenvalue weighted by atomic mass is 10.0. The summed E-state index contributed by atoms with van der Waals surface area (Å²) < 4.78 is 5.29. The average molecular weight is 274 g/mol. The Balaban J connectivity index is 2.08. The summed E-state index contributed by atoms with van der Waals surface area (Å²) in [5.41, 5.74) is 4.51. The van der Waals surface area contributed by atoms with E-state index < -0.39 is 0 Å². The number of nitrogens with zero attached hydrogens (tertiary/aromatic N) is 1. The number of hydrogen-bond donors (Lipinski definition) is 1. The number of hydrogen-bond acceptors (Lipinski definition) is 2. The first-order chi connectivity index (χ1) is 10.4. The van der Waals surface area contributed by atoms with Crippen molar-refractivity contribution in [2.75, 3.05) is 7.11 Å². The molecule has 0 aliphatic heterocycles. The molecule has 2 aromatic carbocycles. The van der Waals surface area contributed by atoms with Crippen molar-refractivity contribution in [3.63, 3.8) is 0 Å². The maximum Gasteiger partial charge on any atom is 0.137 e. The third kappa shape index (κ3) is 1.86. The summed E-state index contributed by atoms with van der Waals surface area (Å²) in [7, 11) is 1.66. The van der Waals surface area contributed by atoms with E-state index in [4.69, 9.17) is 4.74 Å². The Hall–Kier alpha value is -2.81. The molecule has 2 heterocycles. The zero-order valence-corrected chi connectivity index (χ0v) is 11.6. The van der Waals surface area contributed by atoms with Gasteiger partial charge in [-0.3, -0.25) is 4.98 Å². The standard InChI is InChI=1S/C18H14N2O/c1-21-13-9-12(10-19-11-13)14-6-4-8-17-18(14)15-5-2-3-7-16(15)20-17/h2-11,20H,1H3. The third-order valence-corrected chi connectivity index (χ3v) is 3.79. The zero-order chi connectivity index (χ0) is 14.2. The third-order valence-electron chi connectivity index (χ3n) is 3.79. The quantitative estimate of drug-likeness (QED) is 0.588. The Morgan fingerprint density at radius 3 is 2.71 bits per heavy atom. The Morgan fingerprint density at radius 1 is 0.952 bits per heavy atom. The number of fused-ring (bicyclic) bond motifs is 3. The fraction of sp³-hybridized carbons (Fsp3) is 0.0556. The minimum Gasteiger partial charge on any atom is -0.495 e. The number of H-pyrrole nitrogens is 1. The zero-order valence-electron chi connectivity index (χ0n) is 11.6. The normalized spacial score (nSPS) is 11.1. The summed E-state index contributed by atoms with van der Waals surface area (Å²) in [6.07, 6.45) is 3.60. The molecule has 0 fully saturated rings. The number of rotatable bonds is 2. The van der Waals surface area contributed by atoms with Crippen LogP contribution in [0.15, 0.2) is 60.9 Å². The molecule has 0 bridgehead atoms. The van der Waals surface area contributed by atoms with Crippen LogP contribution in [0, 0.1) is 0 Å². The molecule has 0 saturated heterocycles. The van der Waals surface area contributed by atoms with Crippen LogP contribution in [0.1, 0.15) is 0 Å². The molecule has 0 saturated carbocycles. The van der Waals surface area contributed by atoms with E-state index >= 15 is 0 Å². The predicted molar refractivity (Wildman–Crippen MR) is 85.6 cm³/mol. The van der Waals surface area contributed by atoms with E-state index in [0.717, 1.165) is 27.9 Å². The highest BCUT2D eigenvalue weighted by Crippen LogP contribution is 2.34. The summed E-state index contributed by atoms with van der Waals surface area (Å²) in [5, 5.41) is 2.45. The molecule has 0 amide bonds. The van der Waals surface area contributed by atoms with Gasteiger partial charge in [-0.05, 0) is 23.8 Å². The van der Waals surface area contributed by atoms with Crippen LogP contribution in [0.4, 0.5) is 0 Å². The molecule has 0 spiro atoms. The van der Waals surface area contributed by atoms with E-state index in [-0.39, 0.29) is 0 Å². The minimum absolute atomic E-state index is 0.768. The summed E-state index contributed by atoms with van der Waals surface area (Å²) >= 11 is 0. The molecule has 4 aromatic rings. The lowest BCUT2D eigenvalue weighted by molar-refractivity contribution is 0.413. The van der Waals surface area contributed by atoms with Gasteiger partial charge in [0.1, 0.15) is 5.75 Å². The molecule has 0 aliphatic rings. The van der Waals surface area contributed by atoms with Gasteiger partial charge in [0.05, 0.1) is 13.3 Å². The lowest BCUT2D eigenvalue weighted by Gasteiger charge is -2.06. The Labute approximate surface area is 122 Å². The number of ether oxygens (including phenoxy) is 1. The van der Waals surface area contributed by atoms with Gasteiger partial charge in [0.2, 0.25) is 0 Å². The Bertz CT molecular complexity index is 940. The molecular formula is C18H14N2O. The molecular weight excluding hydrogens is 260 g/mol. The highest BCUT2D eigenvalue weighted by Gasteiger charge is 2.10. The first-order valence-electron chi connectivity index (χ1n) is 6.85. The molecule has 3 heteroatoms. The van der Waals surface area contributed by atoms with Crippen LogP contribution in [-0.2, 0) is 0 Å². The van der Waals surface area contributed by atoms with E-state index in [0.29, 0.717) is 0 Å². The smallest absolute Gasteiger partial charge is 0.137 e. The second-order valence-electron chi connectivity index (χ2n) is 5.01. The average Bonchev–Trinajstić information content (AvgIpc) is 2.93. The molecule has 3 nitrogen and oxygen atoms in total. The lowest BCUT2D eigenvalue weighted by Crippen LogP contribution is -1.86. The fourth-order valence-electron chi connectivity index (χ4n) is 2.82. The van der Waals surface area contributed by atoms with Crippen LogP contribution >= 0.6 is 0 Å². The van der Waals surface area contributed by atoms with Crippen molar-refractivity contribution in [1.82, 2.24) is 9.97 Å². The van der Waals surface area contributed by atoms with Crippen molar-refractivity contribution in [2.45, 2.75) is 0 Å². The second-order valence-corrected chi connectivity index (χ2v) is 5.01. The topological polar surface area (TPSA) is 37.9 Å². The fourth-order valence-corrected chi connectivity index (χ4v) is 2.82. The number of pyridine rings is 1. The van der Waals surface area contributed by atoms with Gasteiger partial charge in [0.15, 0.2) is 0 Å². The number of para-hydroxylation sites is 1. The van der Waals surface area contributed by atoms with Gasteiger partial charge in [-0.2, -0.15) is 0 Å². The van der Waals surface area contributed by atoms with E-state index in [1.54, 1.807) is 13.3 Å². The summed E-state index contributed by atoms with van der Waals surface area (Å²) in [6, 6.07) is 16.7. The number of aromatic nitrogens is 2. The maximum atomic E-state index is 5.29. The highest BCUT2D eigenvalue weighted by molar-refractivity contribution is 6.14. The van der Waals surface area contributed by atoms with Gasteiger partial charge in [-0.15, -0.1) is 0 Å².